The number of hydrogen-bond donors (Lipinski definition) is 2. The van der Waals surface area contributed by atoms with E-state index in [0.29, 0.717) is 6.61 Å². The molecule has 0 heterocycles. The average Bonchev–Trinajstić information content (AvgIpc) is 2.43. The zero-order valence-electron chi connectivity index (χ0n) is 13.9. The van der Waals surface area contributed by atoms with Crippen LogP contribution in [0.25, 0.3) is 0 Å². The van der Waals surface area contributed by atoms with Gasteiger partial charge in [0.25, 0.3) is 5.97 Å². The number of carboxylic acid groups (broad SMARTS) is 1. The molecule has 0 aliphatic carbocycles. The average molecular weight is 298 g/mol. The highest BCUT2D eigenvalue weighted by Crippen LogP contribution is 2.08. The summed E-state index contributed by atoms with van der Waals surface area (Å²) in [5.74, 6) is -0.833. The molecule has 0 amide bonds. The van der Waals surface area contributed by atoms with Crippen molar-refractivity contribution in [2.75, 3.05) is 6.61 Å². The highest BCUT2D eigenvalue weighted by Gasteiger charge is 1.90. The molecule has 3 nitrogen and oxygen atoms in total. The Balaban J connectivity index is 0. The van der Waals surface area contributed by atoms with E-state index in [1.807, 2.05) is 0 Å². The fourth-order valence-electron chi connectivity index (χ4n) is 1.77. The topological polar surface area (TPSA) is 57.5 Å². The highest BCUT2D eigenvalue weighted by molar-refractivity contribution is 5.62. The van der Waals surface area contributed by atoms with Gasteiger partial charge in [-0.15, -0.1) is 0 Å². The van der Waals surface area contributed by atoms with Crippen LogP contribution in [-0.4, -0.2) is 22.8 Å². The van der Waals surface area contributed by atoms with Crippen molar-refractivity contribution in [1.82, 2.24) is 0 Å². The van der Waals surface area contributed by atoms with E-state index in [-0.39, 0.29) is 0 Å². The standard InChI is InChI=1S/C16H30O.C2H4O2/c1-2-3-4-5-6-7-8-9-10-11-12-13-14-15-16-17;1-2(3)4/h4-7,17H,2-3,8-16H2,1H3;1H3,(H,3,4)/b5-4-,7-6+;. The number of carboxylic acids is 1. The molecule has 0 aliphatic heterocycles. The van der Waals surface area contributed by atoms with Crippen molar-refractivity contribution in [2.24, 2.45) is 0 Å². The lowest BCUT2D eigenvalue weighted by molar-refractivity contribution is -0.134. The number of aliphatic carboxylic acids is 1. The second-order valence-corrected chi connectivity index (χ2v) is 5.15. The molecule has 3 heteroatoms. The Morgan fingerprint density at radius 2 is 1.29 bits per heavy atom. The van der Waals surface area contributed by atoms with E-state index in [1.54, 1.807) is 0 Å². The quantitative estimate of drug-likeness (QED) is 0.389. The molecule has 21 heavy (non-hydrogen) atoms. The van der Waals surface area contributed by atoms with Crippen LogP contribution >= 0.6 is 0 Å². The van der Waals surface area contributed by atoms with Crippen molar-refractivity contribution in [3.8, 4) is 0 Å². The Bertz CT molecular complexity index is 253. The van der Waals surface area contributed by atoms with Gasteiger partial charge in [0, 0.05) is 13.5 Å². The largest absolute Gasteiger partial charge is 0.481 e. The summed E-state index contributed by atoms with van der Waals surface area (Å²) in [5.41, 5.74) is 0. The molecule has 0 aromatic rings. The van der Waals surface area contributed by atoms with Crippen molar-refractivity contribution in [3.63, 3.8) is 0 Å². The molecule has 0 rings (SSSR count). The Kier molecular flexibility index (Phi) is 22.4. The minimum atomic E-state index is -0.833. The van der Waals surface area contributed by atoms with E-state index in [2.05, 4.69) is 31.2 Å². The van der Waals surface area contributed by atoms with Gasteiger partial charge in [0.15, 0.2) is 0 Å². The first-order chi connectivity index (χ1) is 10.1. The van der Waals surface area contributed by atoms with Crippen LogP contribution in [0.5, 0.6) is 0 Å². The Hall–Kier alpha value is -1.09. The van der Waals surface area contributed by atoms with Crippen molar-refractivity contribution in [2.45, 2.75) is 78.1 Å². The Morgan fingerprint density at radius 1 is 0.857 bits per heavy atom. The summed E-state index contributed by atoms with van der Waals surface area (Å²) in [4.78, 5) is 9.00. The van der Waals surface area contributed by atoms with Gasteiger partial charge in [-0.25, -0.2) is 0 Å². The van der Waals surface area contributed by atoms with Gasteiger partial charge in [0.2, 0.25) is 0 Å². The molecule has 0 radical (unpaired) electrons. The number of hydrogen-bond acceptors (Lipinski definition) is 2. The summed E-state index contributed by atoms with van der Waals surface area (Å²) in [6.45, 7) is 3.64. The summed E-state index contributed by atoms with van der Waals surface area (Å²) < 4.78 is 0. The van der Waals surface area contributed by atoms with E-state index in [4.69, 9.17) is 15.0 Å². The summed E-state index contributed by atoms with van der Waals surface area (Å²) in [5, 5.41) is 16.0. The van der Waals surface area contributed by atoms with Crippen LogP contribution in [0.2, 0.25) is 0 Å². The Morgan fingerprint density at radius 3 is 1.76 bits per heavy atom. The molecule has 0 aromatic heterocycles. The third-order valence-electron chi connectivity index (χ3n) is 2.87. The van der Waals surface area contributed by atoms with Crippen LogP contribution in [0.4, 0.5) is 0 Å². The van der Waals surface area contributed by atoms with Gasteiger partial charge >= 0.3 is 0 Å². The molecule has 0 saturated carbocycles. The number of aliphatic hydroxyl groups excluding tert-OH is 1. The van der Waals surface area contributed by atoms with Crippen LogP contribution in [0, 0.1) is 0 Å². The zero-order valence-corrected chi connectivity index (χ0v) is 13.9. The maximum Gasteiger partial charge on any atom is 0.300 e. The summed E-state index contributed by atoms with van der Waals surface area (Å²) in [6.07, 6.45) is 21.3. The third-order valence-corrected chi connectivity index (χ3v) is 2.87. The van der Waals surface area contributed by atoms with Crippen molar-refractivity contribution < 1.29 is 15.0 Å². The third kappa shape index (κ3) is 32.4. The Labute approximate surface area is 130 Å². The van der Waals surface area contributed by atoms with Crippen LogP contribution in [0.15, 0.2) is 24.3 Å². The van der Waals surface area contributed by atoms with E-state index >= 15 is 0 Å². The maximum absolute atomic E-state index is 9.00. The number of rotatable bonds is 12. The van der Waals surface area contributed by atoms with E-state index < -0.39 is 5.97 Å². The second-order valence-electron chi connectivity index (χ2n) is 5.15. The molecule has 0 aromatic carbocycles. The number of allylic oxidation sites excluding steroid dienone is 4. The zero-order chi connectivity index (χ0) is 16.2. The van der Waals surface area contributed by atoms with E-state index in [0.717, 1.165) is 13.3 Å². The van der Waals surface area contributed by atoms with Crippen LogP contribution in [0.3, 0.4) is 0 Å². The highest BCUT2D eigenvalue weighted by atomic mass is 16.4. The van der Waals surface area contributed by atoms with Crippen LogP contribution in [0.1, 0.15) is 78.1 Å². The minimum absolute atomic E-state index is 0.357. The molecular weight excluding hydrogens is 264 g/mol. The molecular formula is C18H34O3. The minimum Gasteiger partial charge on any atom is -0.481 e. The second kappa shape index (κ2) is 21.2. The molecule has 0 atom stereocenters. The first kappa shape index (κ1) is 22.2. The fraction of sp³-hybridized carbons (Fsp3) is 0.722. The summed E-state index contributed by atoms with van der Waals surface area (Å²) >= 11 is 0. The van der Waals surface area contributed by atoms with Gasteiger partial charge in [-0.1, -0.05) is 69.8 Å². The van der Waals surface area contributed by atoms with Crippen LogP contribution < -0.4 is 0 Å². The van der Waals surface area contributed by atoms with Crippen molar-refractivity contribution >= 4 is 5.97 Å². The molecule has 0 unspecified atom stereocenters. The molecule has 0 aliphatic rings. The smallest absolute Gasteiger partial charge is 0.300 e. The molecule has 0 saturated heterocycles. The predicted octanol–water partition coefficient (Wildman–Crippen LogP) is 5.10. The van der Waals surface area contributed by atoms with Gasteiger partial charge in [-0.2, -0.15) is 0 Å². The first-order valence-corrected chi connectivity index (χ1v) is 8.27. The number of aliphatic hydroxyl groups is 1. The summed E-state index contributed by atoms with van der Waals surface area (Å²) in [7, 11) is 0. The maximum atomic E-state index is 9.00. The van der Waals surface area contributed by atoms with Gasteiger partial charge in [0.05, 0.1) is 0 Å². The molecule has 2 N–H and O–H groups in total. The van der Waals surface area contributed by atoms with Gasteiger partial charge in [-0.3, -0.25) is 4.79 Å². The van der Waals surface area contributed by atoms with Gasteiger partial charge in [0.1, 0.15) is 0 Å². The lowest BCUT2D eigenvalue weighted by atomic mass is 10.1. The van der Waals surface area contributed by atoms with Gasteiger partial charge in [-0.05, 0) is 25.7 Å². The number of unbranched alkanes of at least 4 members (excludes halogenated alkanes) is 8. The lowest BCUT2D eigenvalue weighted by Crippen LogP contribution is -1.83. The monoisotopic (exact) mass is 298 g/mol. The van der Waals surface area contributed by atoms with Crippen LogP contribution in [-0.2, 0) is 4.79 Å². The molecule has 0 fully saturated rings. The summed E-state index contributed by atoms with van der Waals surface area (Å²) in [6, 6.07) is 0. The SMILES string of the molecule is CC(=O)O.CCC/C=C\C=C\CCCCCCCCCO. The molecule has 0 spiro atoms. The van der Waals surface area contributed by atoms with Crippen molar-refractivity contribution in [1.29, 1.82) is 0 Å². The first-order valence-electron chi connectivity index (χ1n) is 8.27. The molecule has 124 valence electrons. The fourth-order valence-corrected chi connectivity index (χ4v) is 1.77. The van der Waals surface area contributed by atoms with E-state index in [9.17, 15) is 0 Å². The number of carbonyl (C=O) groups is 1. The van der Waals surface area contributed by atoms with Crippen molar-refractivity contribution in [3.05, 3.63) is 24.3 Å². The van der Waals surface area contributed by atoms with Gasteiger partial charge < -0.3 is 10.2 Å². The predicted molar refractivity (Wildman–Crippen MR) is 90.5 cm³/mol. The normalized spacial score (nSPS) is 10.8. The van der Waals surface area contributed by atoms with E-state index in [1.165, 1.54) is 57.8 Å². The lowest BCUT2D eigenvalue weighted by Gasteiger charge is -1.99. The molecule has 0 bridgehead atoms.